The van der Waals surface area contributed by atoms with Gasteiger partial charge in [0.25, 0.3) is 5.91 Å². The van der Waals surface area contributed by atoms with Gasteiger partial charge in [0, 0.05) is 11.4 Å². The van der Waals surface area contributed by atoms with Crippen LogP contribution >= 0.6 is 11.6 Å². The quantitative estimate of drug-likeness (QED) is 0.823. The second-order valence-corrected chi connectivity index (χ2v) is 6.11. The Hall–Kier alpha value is -2.86. The van der Waals surface area contributed by atoms with Crippen LogP contribution in [0.1, 0.15) is 13.3 Å². The molecule has 1 unspecified atom stereocenters. The van der Waals surface area contributed by atoms with Crippen LogP contribution in [0.5, 0.6) is 5.75 Å². The Morgan fingerprint density at radius 1 is 1.24 bits per heavy atom. The van der Waals surface area contributed by atoms with Gasteiger partial charge in [-0.25, -0.2) is 0 Å². The van der Waals surface area contributed by atoms with Gasteiger partial charge in [0.15, 0.2) is 5.78 Å². The molecule has 6 nitrogen and oxygen atoms in total. The number of aromatic hydroxyl groups is 1. The first-order valence-corrected chi connectivity index (χ1v) is 8.05. The monoisotopic (exact) mass is 357 g/mol. The molecule has 0 saturated carbocycles. The molecule has 1 amide bonds. The van der Waals surface area contributed by atoms with Crippen molar-refractivity contribution < 1.29 is 14.7 Å². The average Bonchev–Trinajstić information content (AvgIpc) is 3.05. The van der Waals surface area contributed by atoms with Gasteiger partial charge in [-0.2, -0.15) is 5.10 Å². The molecule has 1 atom stereocenters. The molecule has 7 heteroatoms. The third-order valence-electron chi connectivity index (χ3n) is 3.87. The first-order valence-electron chi connectivity index (χ1n) is 7.68. The molecule has 2 aromatic rings. The lowest BCUT2D eigenvalue weighted by Crippen LogP contribution is -2.33. The van der Waals surface area contributed by atoms with Gasteiger partial charge in [0.1, 0.15) is 17.5 Å². The number of Topliss-reactive ketones (excluding diaryl/α,β-unsaturated/α-hetero) is 1. The van der Waals surface area contributed by atoms with Crippen LogP contribution in [0.25, 0.3) is 0 Å². The van der Waals surface area contributed by atoms with Crippen molar-refractivity contribution in [2.45, 2.75) is 19.4 Å². The largest absolute Gasteiger partial charge is 0.506 e. The van der Waals surface area contributed by atoms with E-state index in [1.54, 1.807) is 5.01 Å². The SMILES string of the molecule is CC(=O)C1CC(C(=O)Nc2cc(Cl)ccc2O)=NN1c1ccccc1. The smallest absolute Gasteiger partial charge is 0.272 e. The van der Waals surface area contributed by atoms with E-state index in [0.717, 1.165) is 5.69 Å². The zero-order valence-electron chi connectivity index (χ0n) is 13.4. The van der Waals surface area contributed by atoms with Gasteiger partial charge in [-0.1, -0.05) is 29.8 Å². The summed E-state index contributed by atoms with van der Waals surface area (Å²) in [6, 6.07) is 13.0. The highest BCUT2D eigenvalue weighted by Crippen LogP contribution is 2.28. The van der Waals surface area contributed by atoms with Crippen LogP contribution in [-0.4, -0.2) is 28.6 Å². The number of para-hydroxylation sites is 1. The van der Waals surface area contributed by atoms with Gasteiger partial charge in [0.05, 0.1) is 11.4 Å². The molecular weight excluding hydrogens is 342 g/mol. The Morgan fingerprint density at radius 3 is 2.64 bits per heavy atom. The van der Waals surface area contributed by atoms with Crippen molar-refractivity contribution in [3.63, 3.8) is 0 Å². The number of amides is 1. The Morgan fingerprint density at radius 2 is 1.96 bits per heavy atom. The Balaban J connectivity index is 1.85. The van der Waals surface area contributed by atoms with Crippen molar-refractivity contribution >= 4 is 40.4 Å². The zero-order valence-corrected chi connectivity index (χ0v) is 14.2. The van der Waals surface area contributed by atoms with Crippen molar-refractivity contribution in [3.05, 3.63) is 53.6 Å². The molecule has 2 N–H and O–H groups in total. The van der Waals surface area contributed by atoms with Crippen LogP contribution in [0, 0.1) is 0 Å². The van der Waals surface area contributed by atoms with Crippen LogP contribution in [0.3, 0.4) is 0 Å². The number of halogens is 1. The standard InChI is InChI=1S/C18H16ClN3O3/c1-11(23)16-10-15(21-22(16)13-5-3-2-4-6-13)18(25)20-14-9-12(19)7-8-17(14)24/h2-9,16,24H,10H2,1H3,(H,20,25). The summed E-state index contributed by atoms with van der Waals surface area (Å²) >= 11 is 5.88. The number of anilines is 2. The second kappa shape index (κ2) is 6.94. The molecule has 0 aliphatic carbocycles. The topological polar surface area (TPSA) is 82.0 Å². The summed E-state index contributed by atoms with van der Waals surface area (Å²) in [6.45, 7) is 1.47. The summed E-state index contributed by atoms with van der Waals surface area (Å²) in [5.74, 6) is -0.664. The lowest BCUT2D eigenvalue weighted by atomic mass is 10.1. The summed E-state index contributed by atoms with van der Waals surface area (Å²) < 4.78 is 0. The van der Waals surface area contributed by atoms with Gasteiger partial charge in [-0.3, -0.25) is 14.6 Å². The van der Waals surface area contributed by atoms with E-state index in [2.05, 4.69) is 10.4 Å². The summed E-state index contributed by atoms with van der Waals surface area (Å²) in [5.41, 5.74) is 1.14. The second-order valence-electron chi connectivity index (χ2n) is 5.67. The molecule has 0 spiro atoms. The van der Waals surface area contributed by atoms with Crippen LogP contribution < -0.4 is 10.3 Å². The number of phenols is 1. The number of rotatable bonds is 4. The van der Waals surface area contributed by atoms with Crippen molar-refractivity contribution in [2.75, 3.05) is 10.3 Å². The van der Waals surface area contributed by atoms with E-state index < -0.39 is 11.9 Å². The number of phenolic OH excluding ortho intramolecular Hbond substituents is 1. The first kappa shape index (κ1) is 17.0. The maximum absolute atomic E-state index is 12.5. The maximum Gasteiger partial charge on any atom is 0.272 e. The molecule has 0 aromatic heterocycles. The zero-order chi connectivity index (χ0) is 18.0. The molecular formula is C18H16ClN3O3. The number of benzene rings is 2. The fourth-order valence-electron chi connectivity index (χ4n) is 2.59. The number of ketones is 1. The van der Waals surface area contributed by atoms with Gasteiger partial charge >= 0.3 is 0 Å². The van der Waals surface area contributed by atoms with Crippen LogP contribution in [0.2, 0.25) is 5.02 Å². The van der Waals surface area contributed by atoms with Crippen LogP contribution in [-0.2, 0) is 9.59 Å². The van der Waals surface area contributed by atoms with Crippen LogP contribution in [0.15, 0.2) is 53.6 Å². The van der Waals surface area contributed by atoms with Crippen molar-refractivity contribution in [1.29, 1.82) is 0 Å². The number of carbonyl (C=O) groups is 2. The van der Waals surface area contributed by atoms with E-state index >= 15 is 0 Å². The molecule has 1 heterocycles. The van der Waals surface area contributed by atoms with E-state index in [9.17, 15) is 14.7 Å². The van der Waals surface area contributed by atoms with Gasteiger partial charge in [0.2, 0.25) is 0 Å². The molecule has 0 fully saturated rings. The number of carbonyl (C=O) groups excluding carboxylic acids is 2. The Labute approximate surface area is 149 Å². The molecule has 2 aromatic carbocycles. The van der Waals surface area contributed by atoms with Crippen molar-refractivity contribution in [3.8, 4) is 5.75 Å². The van der Waals surface area contributed by atoms with E-state index in [1.807, 2.05) is 30.3 Å². The fraction of sp³-hybridized carbons (Fsp3) is 0.167. The predicted molar refractivity (Wildman–Crippen MR) is 97.2 cm³/mol. The Kier molecular flexibility index (Phi) is 4.72. The van der Waals surface area contributed by atoms with E-state index in [0.29, 0.717) is 5.02 Å². The molecule has 1 aliphatic heterocycles. The van der Waals surface area contributed by atoms with Gasteiger partial charge in [-0.05, 0) is 37.3 Å². The van der Waals surface area contributed by atoms with E-state index in [4.69, 9.17) is 11.6 Å². The Bertz CT molecular complexity index is 852. The van der Waals surface area contributed by atoms with Gasteiger partial charge in [-0.15, -0.1) is 0 Å². The third kappa shape index (κ3) is 3.64. The molecule has 25 heavy (non-hydrogen) atoms. The minimum atomic E-state index is -0.531. The third-order valence-corrected chi connectivity index (χ3v) is 4.10. The molecule has 0 bridgehead atoms. The van der Waals surface area contributed by atoms with E-state index in [1.165, 1.54) is 25.1 Å². The van der Waals surface area contributed by atoms with Crippen LogP contribution in [0.4, 0.5) is 11.4 Å². The number of hydrogen-bond donors (Lipinski definition) is 2. The first-order chi connectivity index (χ1) is 12.0. The number of nitrogens with one attached hydrogen (secondary N) is 1. The predicted octanol–water partition coefficient (Wildman–Crippen LogP) is 3.21. The average molecular weight is 358 g/mol. The van der Waals surface area contributed by atoms with Gasteiger partial charge < -0.3 is 10.4 Å². The maximum atomic E-state index is 12.5. The van der Waals surface area contributed by atoms with Crippen molar-refractivity contribution in [2.24, 2.45) is 5.10 Å². The minimum absolute atomic E-state index is 0.0824. The minimum Gasteiger partial charge on any atom is -0.506 e. The lowest BCUT2D eigenvalue weighted by Gasteiger charge is -2.20. The molecule has 1 aliphatic rings. The molecule has 128 valence electrons. The lowest BCUT2D eigenvalue weighted by molar-refractivity contribution is -0.118. The summed E-state index contributed by atoms with van der Waals surface area (Å²) in [4.78, 5) is 24.4. The fourth-order valence-corrected chi connectivity index (χ4v) is 2.76. The summed E-state index contributed by atoms with van der Waals surface area (Å²) in [7, 11) is 0. The molecule has 0 radical (unpaired) electrons. The van der Waals surface area contributed by atoms with Crippen molar-refractivity contribution in [1.82, 2.24) is 0 Å². The highest BCUT2D eigenvalue weighted by Gasteiger charge is 2.34. The highest BCUT2D eigenvalue weighted by atomic mass is 35.5. The number of hydrazone groups is 1. The van der Waals surface area contributed by atoms with E-state index in [-0.39, 0.29) is 29.4 Å². The number of hydrogen-bond acceptors (Lipinski definition) is 5. The summed E-state index contributed by atoms with van der Waals surface area (Å²) in [6.07, 6.45) is 0.192. The normalized spacial score (nSPS) is 16.5. The molecule has 0 saturated heterocycles. The summed E-state index contributed by atoms with van der Waals surface area (Å²) in [5, 5.41) is 18.6. The molecule has 3 rings (SSSR count). The number of nitrogens with zero attached hydrogens (tertiary/aromatic N) is 2. The highest BCUT2D eigenvalue weighted by molar-refractivity contribution is 6.44.